The highest BCUT2D eigenvalue weighted by Crippen LogP contribution is 2.11. The van der Waals surface area contributed by atoms with Crippen LogP contribution < -0.4 is 5.73 Å². The summed E-state index contributed by atoms with van der Waals surface area (Å²) in [4.78, 5) is 2.39. The summed E-state index contributed by atoms with van der Waals surface area (Å²) in [5.74, 6) is 0. The maximum absolute atomic E-state index is 5.85. The maximum atomic E-state index is 5.85. The Morgan fingerprint density at radius 2 is 2.50 bits per heavy atom. The van der Waals surface area contributed by atoms with Gasteiger partial charge in [-0.15, -0.1) is 0 Å². The Balaban J connectivity index is 1.90. The van der Waals surface area contributed by atoms with Gasteiger partial charge in [-0.2, -0.15) is 5.10 Å². The predicted octanol–water partition coefficient (Wildman–Crippen LogP) is 0.436. The lowest BCUT2D eigenvalue weighted by Gasteiger charge is -2.12. The van der Waals surface area contributed by atoms with Gasteiger partial charge in [0.15, 0.2) is 0 Å². The van der Waals surface area contributed by atoms with Crippen molar-refractivity contribution in [3.8, 4) is 0 Å². The normalized spacial score (nSPS) is 23.1. The molecule has 2 rings (SSSR count). The lowest BCUT2D eigenvalue weighted by atomic mass is 10.3. The third-order valence-corrected chi connectivity index (χ3v) is 2.73. The fourth-order valence-corrected chi connectivity index (χ4v) is 1.93. The highest BCUT2D eigenvalue weighted by atomic mass is 15.3. The molecule has 0 amide bonds. The van der Waals surface area contributed by atoms with Crippen molar-refractivity contribution in [3.63, 3.8) is 0 Å². The van der Waals surface area contributed by atoms with Crippen LogP contribution >= 0.6 is 0 Å². The van der Waals surface area contributed by atoms with Crippen LogP contribution in [0.15, 0.2) is 12.4 Å². The van der Waals surface area contributed by atoms with Crippen molar-refractivity contribution >= 4 is 0 Å². The van der Waals surface area contributed by atoms with E-state index < -0.39 is 0 Å². The summed E-state index contributed by atoms with van der Waals surface area (Å²) in [6, 6.07) is 0.372. The van der Waals surface area contributed by atoms with Gasteiger partial charge in [0.1, 0.15) is 0 Å². The molecule has 14 heavy (non-hydrogen) atoms. The zero-order valence-corrected chi connectivity index (χ0v) is 8.69. The Hall–Kier alpha value is -0.870. The first-order valence-electron chi connectivity index (χ1n) is 5.27. The summed E-state index contributed by atoms with van der Waals surface area (Å²) in [6.45, 7) is 6.19. The van der Waals surface area contributed by atoms with Crippen molar-refractivity contribution in [2.24, 2.45) is 5.73 Å². The van der Waals surface area contributed by atoms with Gasteiger partial charge in [0.25, 0.3) is 0 Å². The standard InChI is InChI=1S/C10H18N4/c1-2-14-7-9(5-12-14)6-13-4-3-10(11)8-13/h5,7,10H,2-4,6,8,11H2,1H3. The molecule has 1 aliphatic heterocycles. The Morgan fingerprint density at radius 1 is 1.64 bits per heavy atom. The van der Waals surface area contributed by atoms with E-state index in [1.165, 1.54) is 5.56 Å². The average Bonchev–Trinajstić information content (AvgIpc) is 2.76. The molecule has 4 heteroatoms. The minimum absolute atomic E-state index is 0.372. The van der Waals surface area contributed by atoms with Crippen LogP contribution in [0, 0.1) is 0 Å². The monoisotopic (exact) mass is 194 g/mol. The van der Waals surface area contributed by atoms with Gasteiger partial charge >= 0.3 is 0 Å². The number of hydrogen-bond acceptors (Lipinski definition) is 3. The third kappa shape index (κ3) is 2.13. The minimum Gasteiger partial charge on any atom is -0.326 e. The Labute approximate surface area is 84.7 Å². The summed E-state index contributed by atoms with van der Waals surface area (Å²) in [5, 5.41) is 4.25. The summed E-state index contributed by atoms with van der Waals surface area (Å²) in [5.41, 5.74) is 7.14. The van der Waals surface area contributed by atoms with E-state index in [1.54, 1.807) is 0 Å². The van der Waals surface area contributed by atoms with E-state index in [9.17, 15) is 0 Å². The van der Waals surface area contributed by atoms with Gasteiger partial charge in [0.05, 0.1) is 6.20 Å². The molecule has 0 radical (unpaired) electrons. The lowest BCUT2D eigenvalue weighted by molar-refractivity contribution is 0.327. The molecule has 0 aromatic carbocycles. The van der Waals surface area contributed by atoms with Gasteiger partial charge in [-0.25, -0.2) is 0 Å². The topological polar surface area (TPSA) is 47.1 Å². The predicted molar refractivity (Wildman–Crippen MR) is 55.8 cm³/mol. The van der Waals surface area contributed by atoms with Crippen molar-refractivity contribution in [1.29, 1.82) is 0 Å². The summed E-state index contributed by atoms with van der Waals surface area (Å²) in [7, 11) is 0. The van der Waals surface area contributed by atoms with Crippen molar-refractivity contribution in [2.75, 3.05) is 13.1 Å². The first kappa shape index (κ1) is 9.68. The largest absolute Gasteiger partial charge is 0.326 e. The number of rotatable bonds is 3. The van der Waals surface area contributed by atoms with Crippen LogP contribution in [-0.2, 0) is 13.1 Å². The van der Waals surface area contributed by atoms with Crippen LogP contribution in [0.2, 0.25) is 0 Å². The van der Waals surface area contributed by atoms with E-state index in [4.69, 9.17) is 5.73 Å². The second-order valence-corrected chi connectivity index (χ2v) is 3.99. The molecule has 2 heterocycles. The van der Waals surface area contributed by atoms with Crippen molar-refractivity contribution < 1.29 is 0 Å². The summed E-state index contributed by atoms with van der Waals surface area (Å²) >= 11 is 0. The molecular formula is C10H18N4. The van der Waals surface area contributed by atoms with E-state index in [0.717, 1.165) is 32.6 Å². The van der Waals surface area contributed by atoms with Crippen LogP contribution in [0.5, 0.6) is 0 Å². The van der Waals surface area contributed by atoms with Gasteiger partial charge in [0, 0.05) is 44.0 Å². The van der Waals surface area contributed by atoms with Crippen LogP contribution in [0.3, 0.4) is 0 Å². The molecule has 1 fully saturated rings. The number of aryl methyl sites for hydroxylation is 1. The molecule has 0 bridgehead atoms. The maximum Gasteiger partial charge on any atom is 0.0534 e. The third-order valence-electron chi connectivity index (χ3n) is 2.73. The molecule has 1 aliphatic rings. The SMILES string of the molecule is CCn1cc(CN2CCC(N)C2)cn1. The highest BCUT2D eigenvalue weighted by Gasteiger charge is 2.19. The molecule has 2 N–H and O–H groups in total. The fourth-order valence-electron chi connectivity index (χ4n) is 1.93. The lowest BCUT2D eigenvalue weighted by Crippen LogP contribution is -2.26. The van der Waals surface area contributed by atoms with E-state index in [2.05, 4.69) is 23.1 Å². The Bertz CT molecular complexity index is 294. The number of nitrogens with two attached hydrogens (primary N) is 1. The molecule has 78 valence electrons. The van der Waals surface area contributed by atoms with Crippen molar-refractivity contribution in [1.82, 2.24) is 14.7 Å². The molecule has 4 nitrogen and oxygen atoms in total. The minimum atomic E-state index is 0.372. The Kier molecular flexibility index (Phi) is 2.84. The average molecular weight is 194 g/mol. The van der Waals surface area contributed by atoms with Gasteiger partial charge in [-0.1, -0.05) is 0 Å². The second-order valence-electron chi connectivity index (χ2n) is 3.99. The highest BCUT2D eigenvalue weighted by molar-refractivity contribution is 5.04. The fraction of sp³-hybridized carbons (Fsp3) is 0.700. The molecule has 1 atom stereocenters. The van der Waals surface area contributed by atoms with E-state index >= 15 is 0 Å². The zero-order valence-electron chi connectivity index (χ0n) is 8.69. The Morgan fingerprint density at radius 3 is 3.07 bits per heavy atom. The van der Waals surface area contributed by atoms with E-state index in [-0.39, 0.29) is 0 Å². The molecule has 0 spiro atoms. The zero-order chi connectivity index (χ0) is 9.97. The quantitative estimate of drug-likeness (QED) is 0.759. The number of nitrogens with zero attached hydrogens (tertiary/aromatic N) is 3. The molecule has 1 unspecified atom stereocenters. The molecule has 0 aliphatic carbocycles. The van der Waals surface area contributed by atoms with Gasteiger partial charge in [0.2, 0.25) is 0 Å². The smallest absolute Gasteiger partial charge is 0.0534 e. The van der Waals surface area contributed by atoms with Crippen molar-refractivity contribution in [2.45, 2.75) is 32.5 Å². The second kappa shape index (κ2) is 4.11. The van der Waals surface area contributed by atoms with Crippen LogP contribution in [-0.4, -0.2) is 33.8 Å². The number of hydrogen-bond donors (Lipinski definition) is 1. The molecule has 1 saturated heterocycles. The van der Waals surface area contributed by atoms with Crippen LogP contribution in [0.25, 0.3) is 0 Å². The van der Waals surface area contributed by atoms with Gasteiger partial charge < -0.3 is 5.73 Å². The summed E-state index contributed by atoms with van der Waals surface area (Å²) < 4.78 is 1.96. The number of aromatic nitrogens is 2. The first-order chi connectivity index (χ1) is 6.78. The van der Waals surface area contributed by atoms with Crippen LogP contribution in [0.4, 0.5) is 0 Å². The molecule has 1 aromatic rings. The number of likely N-dealkylation sites (tertiary alicyclic amines) is 1. The van der Waals surface area contributed by atoms with Crippen molar-refractivity contribution in [3.05, 3.63) is 18.0 Å². The van der Waals surface area contributed by atoms with E-state index in [1.807, 2.05) is 10.9 Å². The molecular weight excluding hydrogens is 176 g/mol. The van der Waals surface area contributed by atoms with Crippen LogP contribution in [0.1, 0.15) is 18.9 Å². The summed E-state index contributed by atoms with van der Waals surface area (Å²) in [6.07, 6.45) is 5.19. The molecule has 0 saturated carbocycles. The molecule has 1 aromatic heterocycles. The first-order valence-corrected chi connectivity index (χ1v) is 5.27. The van der Waals surface area contributed by atoms with Gasteiger partial charge in [-0.05, 0) is 13.3 Å². The van der Waals surface area contributed by atoms with E-state index in [0.29, 0.717) is 6.04 Å². The van der Waals surface area contributed by atoms with Gasteiger partial charge in [-0.3, -0.25) is 9.58 Å².